The lowest BCUT2D eigenvalue weighted by atomic mass is 9.95. The standard InChI is InChI=1S/C9H18O4/c10-5-7(11)6-13-9-4-2-1-3-8(9)12/h7-12H,1-6H2/t7?,8-,9-/m1/s1. The summed E-state index contributed by atoms with van der Waals surface area (Å²) in [5.41, 5.74) is 0. The zero-order chi connectivity index (χ0) is 9.68. The van der Waals surface area contributed by atoms with E-state index >= 15 is 0 Å². The van der Waals surface area contributed by atoms with Gasteiger partial charge in [0.1, 0.15) is 6.10 Å². The van der Waals surface area contributed by atoms with Crippen LogP contribution in [0, 0.1) is 0 Å². The van der Waals surface area contributed by atoms with Crippen LogP contribution in [0.2, 0.25) is 0 Å². The molecule has 0 spiro atoms. The van der Waals surface area contributed by atoms with Crippen molar-refractivity contribution in [1.29, 1.82) is 0 Å². The van der Waals surface area contributed by atoms with Gasteiger partial charge in [0.15, 0.2) is 0 Å². The second-order valence-corrected chi connectivity index (χ2v) is 3.56. The van der Waals surface area contributed by atoms with E-state index in [2.05, 4.69) is 0 Å². The summed E-state index contributed by atoms with van der Waals surface area (Å²) >= 11 is 0. The minimum atomic E-state index is -0.825. The molecule has 4 heteroatoms. The molecule has 0 aliphatic heterocycles. The third kappa shape index (κ3) is 3.60. The lowest BCUT2D eigenvalue weighted by molar-refractivity contribution is -0.0894. The molecule has 0 aromatic heterocycles. The van der Waals surface area contributed by atoms with Gasteiger partial charge in [0, 0.05) is 0 Å². The number of ether oxygens (including phenoxy) is 1. The first-order valence-electron chi connectivity index (χ1n) is 4.82. The van der Waals surface area contributed by atoms with E-state index in [-0.39, 0.29) is 19.3 Å². The Labute approximate surface area is 78.1 Å². The Morgan fingerprint density at radius 1 is 1.31 bits per heavy atom. The molecule has 0 bridgehead atoms. The highest BCUT2D eigenvalue weighted by Crippen LogP contribution is 2.21. The Morgan fingerprint density at radius 2 is 2.00 bits per heavy atom. The Hall–Kier alpha value is -0.160. The molecular formula is C9H18O4. The van der Waals surface area contributed by atoms with Gasteiger partial charge in [-0.15, -0.1) is 0 Å². The second-order valence-electron chi connectivity index (χ2n) is 3.56. The van der Waals surface area contributed by atoms with Gasteiger partial charge in [-0.25, -0.2) is 0 Å². The predicted molar refractivity (Wildman–Crippen MR) is 47.3 cm³/mol. The number of rotatable bonds is 4. The largest absolute Gasteiger partial charge is 0.394 e. The molecule has 0 radical (unpaired) electrons. The number of hydrogen-bond donors (Lipinski definition) is 3. The van der Waals surface area contributed by atoms with E-state index in [4.69, 9.17) is 14.9 Å². The maximum atomic E-state index is 9.49. The van der Waals surface area contributed by atoms with E-state index in [1.54, 1.807) is 0 Å². The minimum absolute atomic E-state index is 0.109. The van der Waals surface area contributed by atoms with Crippen LogP contribution in [-0.4, -0.2) is 46.8 Å². The molecule has 13 heavy (non-hydrogen) atoms. The highest BCUT2D eigenvalue weighted by Gasteiger charge is 2.24. The Balaban J connectivity index is 2.18. The van der Waals surface area contributed by atoms with Gasteiger partial charge in [-0.2, -0.15) is 0 Å². The molecule has 1 fully saturated rings. The van der Waals surface area contributed by atoms with Crippen LogP contribution in [0.1, 0.15) is 25.7 Å². The van der Waals surface area contributed by atoms with E-state index in [1.807, 2.05) is 0 Å². The van der Waals surface area contributed by atoms with Crippen molar-refractivity contribution >= 4 is 0 Å². The molecule has 1 unspecified atom stereocenters. The van der Waals surface area contributed by atoms with E-state index in [1.165, 1.54) is 0 Å². The van der Waals surface area contributed by atoms with Gasteiger partial charge in [0.2, 0.25) is 0 Å². The van der Waals surface area contributed by atoms with Crippen molar-refractivity contribution < 1.29 is 20.1 Å². The number of aliphatic hydroxyl groups excluding tert-OH is 3. The Morgan fingerprint density at radius 3 is 2.62 bits per heavy atom. The summed E-state index contributed by atoms with van der Waals surface area (Å²) in [4.78, 5) is 0. The molecular weight excluding hydrogens is 172 g/mol. The summed E-state index contributed by atoms with van der Waals surface area (Å²) in [7, 11) is 0. The van der Waals surface area contributed by atoms with Gasteiger partial charge in [0.25, 0.3) is 0 Å². The van der Waals surface area contributed by atoms with Gasteiger partial charge < -0.3 is 20.1 Å². The van der Waals surface area contributed by atoms with Crippen LogP contribution in [0.15, 0.2) is 0 Å². The number of aliphatic hydroxyl groups is 3. The lowest BCUT2D eigenvalue weighted by Gasteiger charge is -2.28. The minimum Gasteiger partial charge on any atom is -0.394 e. The average molecular weight is 190 g/mol. The summed E-state index contributed by atoms with van der Waals surface area (Å²) in [5, 5.41) is 27.0. The zero-order valence-corrected chi connectivity index (χ0v) is 7.72. The summed E-state index contributed by atoms with van der Waals surface area (Å²) < 4.78 is 5.29. The van der Waals surface area contributed by atoms with Crippen LogP contribution < -0.4 is 0 Å². The van der Waals surface area contributed by atoms with E-state index in [9.17, 15) is 5.11 Å². The number of hydrogen-bond acceptors (Lipinski definition) is 4. The van der Waals surface area contributed by atoms with Crippen LogP contribution in [0.3, 0.4) is 0 Å². The molecule has 0 aromatic rings. The molecule has 0 amide bonds. The fourth-order valence-electron chi connectivity index (χ4n) is 1.56. The van der Waals surface area contributed by atoms with Crippen LogP contribution in [0.4, 0.5) is 0 Å². The molecule has 3 N–H and O–H groups in total. The molecule has 1 aliphatic carbocycles. The van der Waals surface area contributed by atoms with Crippen molar-refractivity contribution in [2.24, 2.45) is 0 Å². The molecule has 3 atom stereocenters. The van der Waals surface area contributed by atoms with Crippen molar-refractivity contribution in [3.63, 3.8) is 0 Å². The molecule has 0 saturated heterocycles. The Kier molecular flexibility index (Phi) is 4.66. The molecule has 1 rings (SSSR count). The summed E-state index contributed by atoms with van der Waals surface area (Å²) in [6.07, 6.45) is 2.35. The normalized spacial score (nSPS) is 31.6. The summed E-state index contributed by atoms with van der Waals surface area (Å²) in [5.74, 6) is 0. The van der Waals surface area contributed by atoms with Crippen molar-refractivity contribution in [2.45, 2.75) is 44.0 Å². The maximum Gasteiger partial charge on any atom is 0.100 e. The quantitative estimate of drug-likeness (QED) is 0.567. The van der Waals surface area contributed by atoms with Crippen LogP contribution in [0.5, 0.6) is 0 Å². The van der Waals surface area contributed by atoms with Gasteiger partial charge in [-0.1, -0.05) is 12.8 Å². The average Bonchev–Trinajstić information content (AvgIpc) is 2.16. The van der Waals surface area contributed by atoms with E-state index < -0.39 is 12.2 Å². The third-order valence-corrected chi connectivity index (χ3v) is 2.38. The van der Waals surface area contributed by atoms with Crippen molar-refractivity contribution in [3.8, 4) is 0 Å². The summed E-state index contributed by atoms with van der Waals surface area (Å²) in [6, 6.07) is 0. The smallest absolute Gasteiger partial charge is 0.100 e. The Bertz CT molecular complexity index is 140. The zero-order valence-electron chi connectivity index (χ0n) is 7.72. The molecule has 4 nitrogen and oxygen atoms in total. The maximum absolute atomic E-state index is 9.49. The fourth-order valence-corrected chi connectivity index (χ4v) is 1.56. The first-order chi connectivity index (χ1) is 6.24. The highest BCUT2D eigenvalue weighted by atomic mass is 16.5. The first kappa shape index (κ1) is 10.9. The topological polar surface area (TPSA) is 69.9 Å². The van der Waals surface area contributed by atoms with Crippen molar-refractivity contribution in [2.75, 3.05) is 13.2 Å². The van der Waals surface area contributed by atoms with Crippen LogP contribution in [-0.2, 0) is 4.74 Å². The van der Waals surface area contributed by atoms with Gasteiger partial charge in [-0.3, -0.25) is 0 Å². The van der Waals surface area contributed by atoms with Crippen LogP contribution in [0.25, 0.3) is 0 Å². The second kappa shape index (κ2) is 5.54. The van der Waals surface area contributed by atoms with Gasteiger partial charge in [-0.05, 0) is 12.8 Å². The predicted octanol–water partition coefficient (Wildman–Crippen LogP) is -0.340. The molecule has 0 aromatic carbocycles. The highest BCUT2D eigenvalue weighted by molar-refractivity contribution is 4.75. The summed E-state index contributed by atoms with van der Waals surface area (Å²) in [6.45, 7) is -0.180. The van der Waals surface area contributed by atoms with Crippen LogP contribution >= 0.6 is 0 Å². The monoisotopic (exact) mass is 190 g/mol. The van der Waals surface area contributed by atoms with Crippen molar-refractivity contribution in [3.05, 3.63) is 0 Å². The molecule has 1 saturated carbocycles. The molecule has 1 aliphatic rings. The van der Waals surface area contributed by atoms with Gasteiger partial charge in [0.05, 0.1) is 25.4 Å². The van der Waals surface area contributed by atoms with Gasteiger partial charge >= 0.3 is 0 Å². The lowest BCUT2D eigenvalue weighted by Crippen LogP contribution is -2.35. The SMILES string of the molecule is OCC(O)CO[C@@H]1CCCC[C@H]1O. The third-order valence-electron chi connectivity index (χ3n) is 2.38. The van der Waals surface area contributed by atoms with Crippen molar-refractivity contribution in [1.82, 2.24) is 0 Å². The first-order valence-corrected chi connectivity index (χ1v) is 4.82. The molecule has 0 heterocycles. The fraction of sp³-hybridized carbons (Fsp3) is 1.00. The molecule has 78 valence electrons. The van der Waals surface area contributed by atoms with E-state index in [0.717, 1.165) is 25.7 Å². The van der Waals surface area contributed by atoms with E-state index in [0.29, 0.717) is 0 Å².